The van der Waals surface area contributed by atoms with E-state index in [0.717, 1.165) is 0 Å². The zero-order valence-corrected chi connectivity index (χ0v) is 12.5. The summed E-state index contributed by atoms with van der Waals surface area (Å²) in [5.74, 6) is 0.226. The lowest BCUT2D eigenvalue weighted by atomic mass is 10.2. The quantitative estimate of drug-likeness (QED) is 0.662. The third-order valence-electron chi connectivity index (χ3n) is 3.01. The Morgan fingerprint density at radius 1 is 1.38 bits per heavy atom. The van der Waals surface area contributed by atoms with Crippen LogP contribution in [0.5, 0.6) is 0 Å². The lowest BCUT2D eigenvalue weighted by Gasteiger charge is -2.15. The van der Waals surface area contributed by atoms with Crippen molar-refractivity contribution in [3.05, 3.63) is 35.7 Å². The van der Waals surface area contributed by atoms with Gasteiger partial charge in [0.25, 0.3) is 0 Å². The molecular formula is C13H17N5O2S. The Balaban J connectivity index is 2.43. The maximum atomic E-state index is 12.3. The van der Waals surface area contributed by atoms with Crippen molar-refractivity contribution < 1.29 is 8.42 Å². The van der Waals surface area contributed by atoms with Crippen molar-refractivity contribution >= 4 is 27.6 Å². The van der Waals surface area contributed by atoms with Crippen LogP contribution in [0.4, 0.5) is 5.69 Å². The second-order valence-corrected chi connectivity index (χ2v) is 7.26. The average molecular weight is 307 g/mol. The number of hydrogen-bond acceptors (Lipinski definition) is 6. The van der Waals surface area contributed by atoms with Crippen LogP contribution in [0.1, 0.15) is 13.8 Å². The number of nitrogens with one attached hydrogen (secondary N) is 3. The summed E-state index contributed by atoms with van der Waals surface area (Å²) in [6.07, 6.45) is 1.41. The SMILES string of the molecule is CC(C)S(=O)(=O)c1ccccc1N/C(N)=C1\C=NNC1=N. The lowest BCUT2D eigenvalue weighted by molar-refractivity contribution is 0.587. The minimum atomic E-state index is -3.43. The Morgan fingerprint density at radius 3 is 2.62 bits per heavy atom. The van der Waals surface area contributed by atoms with Gasteiger partial charge in [-0.25, -0.2) is 8.42 Å². The smallest absolute Gasteiger partial charge is 0.182 e. The maximum Gasteiger partial charge on any atom is 0.182 e. The number of para-hydroxylation sites is 1. The van der Waals surface area contributed by atoms with Crippen LogP contribution in [-0.2, 0) is 9.84 Å². The van der Waals surface area contributed by atoms with Gasteiger partial charge in [0.05, 0.1) is 27.6 Å². The number of nitrogens with two attached hydrogens (primary N) is 1. The third kappa shape index (κ3) is 2.89. The number of rotatable bonds is 4. The highest BCUT2D eigenvalue weighted by atomic mass is 32.2. The summed E-state index contributed by atoms with van der Waals surface area (Å²) in [7, 11) is -3.43. The third-order valence-corrected chi connectivity index (χ3v) is 5.22. The van der Waals surface area contributed by atoms with Gasteiger partial charge in [-0.2, -0.15) is 5.10 Å². The van der Waals surface area contributed by atoms with Crippen molar-refractivity contribution in [3.63, 3.8) is 0 Å². The van der Waals surface area contributed by atoms with Crippen molar-refractivity contribution in [3.8, 4) is 0 Å². The van der Waals surface area contributed by atoms with E-state index in [9.17, 15) is 8.42 Å². The van der Waals surface area contributed by atoms with Crippen LogP contribution < -0.4 is 16.5 Å². The second-order valence-electron chi connectivity index (χ2n) is 4.79. The molecule has 0 spiro atoms. The molecule has 1 aliphatic rings. The lowest BCUT2D eigenvalue weighted by Crippen LogP contribution is -2.22. The van der Waals surface area contributed by atoms with Gasteiger partial charge < -0.3 is 11.1 Å². The van der Waals surface area contributed by atoms with Gasteiger partial charge in [-0.1, -0.05) is 12.1 Å². The predicted molar refractivity (Wildman–Crippen MR) is 83.0 cm³/mol. The summed E-state index contributed by atoms with van der Waals surface area (Å²) < 4.78 is 24.7. The summed E-state index contributed by atoms with van der Waals surface area (Å²) in [4.78, 5) is 0.179. The van der Waals surface area contributed by atoms with Crippen molar-refractivity contribution in [2.45, 2.75) is 24.0 Å². The van der Waals surface area contributed by atoms with Gasteiger partial charge in [0, 0.05) is 0 Å². The standard InChI is InChI=1S/C13H17N5O2S/c1-8(2)21(19,20)11-6-4-3-5-10(11)17-12(14)9-7-16-18-13(9)15/h3-8,17H,14H2,1-2H3,(H2,15,18)/b12-9+. The molecule has 112 valence electrons. The first-order valence-corrected chi connectivity index (χ1v) is 7.86. The summed E-state index contributed by atoms with van der Waals surface area (Å²) in [5, 5.41) is 13.6. The van der Waals surface area contributed by atoms with Gasteiger partial charge in [0.1, 0.15) is 5.82 Å². The fourth-order valence-electron chi connectivity index (χ4n) is 1.77. The van der Waals surface area contributed by atoms with Crippen molar-refractivity contribution in [2.24, 2.45) is 10.8 Å². The monoisotopic (exact) mass is 307 g/mol. The first kappa shape index (κ1) is 15.0. The molecule has 1 aliphatic heterocycles. The zero-order valence-electron chi connectivity index (χ0n) is 11.7. The van der Waals surface area contributed by atoms with Crippen LogP contribution in [0.3, 0.4) is 0 Å². The molecule has 0 saturated carbocycles. The van der Waals surface area contributed by atoms with Gasteiger partial charge in [0.15, 0.2) is 15.7 Å². The molecule has 0 bridgehead atoms. The average Bonchev–Trinajstić information content (AvgIpc) is 2.85. The number of amidine groups is 1. The Bertz CT molecular complexity index is 735. The summed E-state index contributed by atoms with van der Waals surface area (Å²) in [6.45, 7) is 3.24. The largest absolute Gasteiger partial charge is 0.385 e. The number of benzene rings is 1. The van der Waals surface area contributed by atoms with Gasteiger partial charge in [-0.05, 0) is 26.0 Å². The summed E-state index contributed by atoms with van der Waals surface area (Å²) >= 11 is 0. The van der Waals surface area contributed by atoms with Gasteiger partial charge >= 0.3 is 0 Å². The Labute approximate surface area is 123 Å². The van der Waals surface area contributed by atoms with E-state index in [1.54, 1.807) is 32.0 Å². The molecule has 0 unspecified atom stereocenters. The van der Waals surface area contributed by atoms with Crippen molar-refractivity contribution in [2.75, 3.05) is 5.32 Å². The molecule has 5 N–H and O–H groups in total. The van der Waals surface area contributed by atoms with Crippen LogP contribution in [0.2, 0.25) is 0 Å². The molecule has 8 heteroatoms. The molecule has 0 aliphatic carbocycles. The fraction of sp³-hybridized carbons (Fsp3) is 0.231. The Hall–Kier alpha value is -2.35. The highest BCUT2D eigenvalue weighted by Gasteiger charge is 2.23. The van der Waals surface area contributed by atoms with E-state index in [1.165, 1.54) is 12.3 Å². The van der Waals surface area contributed by atoms with E-state index in [0.29, 0.717) is 11.3 Å². The van der Waals surface area contributed by atoms with Crippen LogP contribution in [0.25, 0.3) is 0 Å². The number of nitrogens with zero attached hydrogens (tertiary/aromatic N) is 1. The van der Waals surface area contributed by atoms with Gasteiger partial charge in [-0.3, -0.25) is 10.8 Å². The van der Waals surface area contributed by atoms with E-state index >= 15 is 0 Å². The molecule has 0 aromatic heterocycles. The van der Waals surface area contributed by atoms with E-state index < -0.39 is 15.1 Å². The van der Waals surface area contributed by atoms with Crippen molar-refractivity contribution in [1.82, 2.24) is 5.43 Å². The summed E-state index contributed by atoms with van der Waals surface area (Å²) in [5.41, 5.74) is 9.11. The molecule has 7 nitrogen and oxygen atoms in total. The molecule has 0 fully saturated rings. The molecule has 0 radical (unpaired) electrons. The van der Waals surface area contributed by atoms with Gasteiger partial charge in [0.2, 0.25) is 0 Å². The maximum absolute atomic E-state index is 12.3. The summed E-state index contributed by atoms with van der Waals surface area (Å²) in [6, 6.07) is 6.53. The topological polar surface area (TPSA) is 120 Å². The Kier molecular flexibility index (Phi) is 3.99. The molecular weight excluding hydrogens is 290 g/mol. The minimum absolute atomic E-state index is 0.0594. The molecule has 0 amide bonds. The number of hydrogen-bond donors (Lipinski definition) is 4. The number of anilines is 1. The first-order valence-electron chi connectivity index (χ1n) is 6.31. The Morgan fingerprint density at radius 2 is 2.05 bits per heavy atom. The number of sulfone groups is 1. The molecule has 21 heavy (non-hydrogen) atoms. The normalized spacial score (nSPS) is 17.0. The van der Waals surface area contributed by atoms with Crippen molar-refractivity contribution in [1.29, 1.82) is 5.41 Å². The second kappa shape index (κ2) is 5.57. The molecule has 0 atom stereocenters. The number of hydrazone groups is 1. The fourth-order valence-corrected chi connectivity index (χ4v) is 2.98. The highest BCUT2D eigenvalue weighted by molar-refractivity contribution is 7.92. The van der Waals surface area contributed by atoms with Crippen LogP contribution in [0, 0.1) is 5.41 Å². The molecule has 2 rings (SSSR count). The molecule has 1 heterocycles. The minimum Gasteiger partial charge on any atom is -0.385 e. The first-order chi connectivity index (χ1) is 9.84. The molecule has 0 saturated heterocycles. The van der Waals surface area contributed by atoms with E-state index in [2.05, 4.69) is 15.8 Å². The molecule has 1 aromatic rings. The van der Waals surface area contributed by atoms with Crippen LogP contribution in [-0.4, -0.2) is 25.7 Å². The van der Waals surface area contributed by atoms with Gasteiger partial charge in [-0.15, -0.1) is 0 Å². The van der Waals surface area contributed by atoms with E-state index in [1.807, 2.05) is 0 Å². The highest BCUT2D eigenvalue weighted by Crippen LogP contribution is 2.25. The van der Waals surface area contributed by atoms with E-state index in [4.69, 9.17) is 11.1 Å². The zero-order chi connectivity index (χ0) is 15.6. The van der Waals surface area contributed by atoms with Crippen LogP contribution in [0.15, 0.2) is 45.7 Å². The molecule has 1 aromatic carbocycles. The van der Waals surface area contributed by atoms with E-state index in [-0.39, 0.29) is 16.6 Å². The van der Waals surface area contributed by atoms with Crippen LogP contribution >= 0.6 is 0 Å². The predicted octanol–water partition coefficient (Wildman–Crippen LogP) is 1.02.